The average molecular weight is 225 g/mol. The number of nitro groups is 1. The van der Waals surface area contributed by atoms with Gasteiger partial charge >= 0.3 is 5.82 Å². The number of nitrogens with one attached hydrogen (secondary N) is 1. The topological polar surface area (TPSA) is 88.3 Å². The van der Waals surface area contributed by atoms with Crippen LogP contribution in [-0.4, -0.2) is 27.7 Å². The van der Waals surface area contributed by atoms with E-state index < -0.39 is 11.0 Å². The predicted octanol–water partition coefficient (Wildman–Crippen LogP) is 1.56. The van der Waals surface area contributed by atoms with Gasteiger partial charge in [0.15, 0.2) is 6.20 Å². The van der Waals surface area contributed by atoms with Crippen LogP contribution >= 0.6 is 0 Å². The molecule has 0 aliphatic rings. The first kappa shape index (κ1) is 12.4. The first-order chi connectivity index (χ1) is 7.63. The van der Waals surface area contributed by atoms with E-state index in [1.165, 1.54) is 12.3 Å². The number of aromatic nitrogens is 1. The lowest BCUT2D eigenvalue weighted by Crippen LogP contribution is -2.19. The SMILES string of the molecule is CCCC(O)CNc1ccc([N+](=O)[O-])nc1. The monoisotopic (exact) mass is 225 g/mol. The molecule has 1 unspecified atom stereocenters. The zero-order valence-corrected chi connectivity index (χ0v) is 9.09. The number of hydrogen-bond donors (Lipinski definition) is 2. The van der Waals surface area contributed by atoms with Crippen LogP contribution in [0.2, 0.25) is 0 Å². The Morgan fingerprint density at radius 3 is 2.88 bits per heavy atom. The molecule has 0 spiro atoms. The van der Waals surface area contributed by atoms with Gasteiger partial charge < -0.3 is 20.5 Å². The fourth-order valence-corrected chi connectivity index (χ4v) is 1.27. The number of aliphatic hydroxyl groups is 1. The van der Waals surface area contributed by atoms with Gasteiger partial charge in [-0.2, -0.15) is 0 Å². The number of hydrogen-bond acceptors (Lipinski definition) is 5. The van der Waals surface area contributed by atoms with E-state index in [1.54, 1.807) is 6.07 Å². The van der Waals surface area contributed by atoms with Crippen LogP contribution in [0.5, 0.6) is 0 Å². The van der Waals surface area contributed by atoms with Gasteiger partial charge in [-0.15, -0.1) is 0 Å². The Kier molecular flexibility index (Phi) is 4.65. The third-order valence-electron chi connectivity index (χ3n) is 2.10. The number of pyridine rings is 1. The highest BCUT2D eigenvalue weighted by Gasteiger charge is 2.07. The van der Waals surface area contributed by atoms with Crippen LogP contribution in [0.3, 0.4) is 0 Å². The van der Waals surface area contributed by atoms with Crippen molar-refractivity contribution in [2.45, 2.75) is 25.9 Å². The van der Waals surface area contributed by atoms with Gasteiger partial charge in [0.25, 0.3) is 0 Å². The molecule has 1 atom stereocenters. The fourth-order valence-electron chi connectivity index (χ4n) is 1.27. The highest BCUT2D eigenvalue weighted by Crippen LogP contribution is 2.11. The molecule has 0 radical (unpaired) electrons. The highest BCUT2D eigenvalue weighted by molar-refractivity contribution is 5.43. The van der Waals surface area contributed by atoms with Crippen LogP contribution in [0.4, 0.5) is 11.5 Å². The molecule has 0 saturated heterocycles. The summed E-state index contributed by atoms with van der Waals surface area (Å²) in [5.41, 5.74) is 0.667. The maximum atomic E-state index is 10.3. The summed E-state index contributed by atoms with van der Waals surface area (Å²) < 4.78 is 0. The second-order valence-electron chi connectivity index (χ2n) is 3.49. The Labute approximate surface area is 93.5 Å². The van der Waals surface area contributed by atoms with E-state index in [2.05, 4.69) is 10.3 Å². The van der Waals surface area contributed by atoms with Crippen molar-refractivity contribution in [3.63, 3.8) is 0 Å². The first-order valence-electron chi connectivity index (χ1n) is 5.16. The Morgan fingerprint density at radius 1 is 1.62 bits per heavy atom. The van der Waals surface area contributed by atoms with Gasteiger partial charge in [-0.25, -0.2) is 0 Å². The van der Waals surface area contributed by atoms with Gasteiger partial charge in [0, 0.05) is 12.6 Å². The van der Waals surface area contributed by atoms with Crippen molar-refractivity contribution < 1.29 is 10.0 Å². The minimum atomic E-state index is -0.546. The molecule has 6 nitrogen and oxygen atoms in total. The van der Waals surface area contributed by atoms with Gasteiger partial charge in [-0.3, -0.25) is 0 Å². The van der Waals surface area contributed by atoms with E-state index in [4.69, 9.17) is 0 Å². The molecule has 0 aliphatic carbocycles. The van der Waals surface area contributed by atoms with E-state index >= 15 is 0 Å². The van der Waals surface area contributed by atoms with E-state index in [0.717, 1.165) is 12.8 Å². The Bertz CT molecular complexity index is 340. The van der Waals surface area contributed by atoms with Crippen LogP contribution in [0.15, 0.2) is 18.3 Å². The van der Waals surface area contributed by atoms with Gasteiger partial charge in [-0.05, 0) is 22.4 Å². The molecule has 1 aromatic rings. The lowest BCUT2D eigenvalue weighted by Gasteiger charge is -2.10. The minimum absolute atomic E-state index is 0.181. The molecule has 0 saturated carbocycles. The smallest absolute Gasteiger partial charge is 0.363 e. The highest BCUT2D eigenvalue weighted by atomic mass is 16.6. The molecular formula is C10H15N3O3. The van der Waals surface area contributed by atoms with E-state index in [1.807, 2.05) is 6.92 Å². The van der Waals surface area contributed by atoms with Crippen molar-refractivity contribution >= 4 is 11.5 Å². The molecular weight excluding hydrogens is 210 g/mol. The molecule has 0 amide bonds. The van der Waals surface area contributed by atoms with Crippen molar-refractivity contribution in [3.8, 4) is 0 Å². The fraction of sp³-hybridized carbons (Fsp3) is 0.500. The van der Waals surface area contributed by atoms with Gasteiger partial charge in [-0.1, -0.05) is 13.3 Å². The van der Waals surface area contributed by atoms with Crippen molar-refractivity contribution in [3.05, 3.63) is 28.4 Å². The van der Waals surface area contributed by atoms with Crippen LogP contribution in [-0.2, 0) is 0 Å². The Hall–Kier alpha value is -1.69. The maximum absolute atomic E-state index is 10.3. The maximum Gasteiger partial charge on any atom is 0.363 e. The lowest BCUT2D eigenvalue weighted by molar-refractivity contribution is -0.389. The standard InChI is InChI=1S/C10H15N3O3/c1-2-3-9(14)7-11-8-4-5-10(12-6-8)13(15)16/h4-6,9,11,14H,2-3,7H2,1H3. The molecule has 0 aliphatic heterocycles. The molecule has 0 aromatic carbocycles. The summed E-state index contributed by atoms with van der Waals surface area (Å²) in [5.74, 6) is -0.181. The third-order valence-corrected chi connectivity index (χ3v) is 2.10. The Balaban J connectivity index is 2.46. The summed E-state index contributed by atoms with van der Waals surface area (Å²) in [6.45, 7) is 2.42. The molecule has 6 heteroatoms. The third kappa shape index (κ3) is 3.82. The molecule has 1 aromatic heterocycles. The summed E-state index contributed by atoms with van der Waals surface area (Å²) in [6, 6.07) is 2.90. The molecule has 2 N–H and O–H groups in total. The molecule has 0 bridgehead atoms. The van der Waals surface area contributed by atoms with Crippen molar-refractivity contribution in [2.75, 3.05) is 11.9 Å². The molecule has 16 heavy (non-hydrogen) atoms. The minimum Gasteiger partial charge on any atom is -0.391 e. The second-order valence-corrected chi connectivity index (χ2v) is 3.49. The van der Waals surface area contributed by atoms with Crippen molar-refractivity contribution in [1.29, 1.82) is 0 Å². The summed E-state index contributed by atoms with van der Waals surface area (Å²) in [5, 5.41) is 22.8. The zero-order valence-electron chi connectivity index (χ0n) is 9.09. The first-order valence-corrected chi connectivity index (χ1v) is 5.16. The number of aliphatic hydroxyl groups excluding tert-OH is 1. The normalized spacial score (nSPS) is 12.1. The number of anilines is 1. The summed E-state index contributed by atoms with van der Waals surface area (Å²) in [6.07, 6.45) is 2.63. The summed E-state index contributed by atoms with van der Waals surface area (Å²) in [4.78, 5) is 13.5. The van der Waals surface area contributed by atoms with E-state index in [0.29, 0.717) is 12.2 Å². The quantitative estimate of drug-likeness (QED) is 0.566. The molecule has 0 fully saturated rings. The van der Waals surface area contributed by atoms with Crippen molar-refractivity contribution in [2.24, 2.45) is 0 Å². The average Bonchev–Trinajstić information content (AvgIpc) is 2.27. The largest absolute Gasteiger partial charge is 0.391 e. The molecule has 1 heterocycles. The zero-order chi connectivity index (χ0) is 12.0. The predicted molar refractivity (Wildman–Crippen MR) is 60.3 cm³/mol. The van der Waals surface area contributed by atoms with E-state index in [9.17, 15) is 15.2 Å². The second kappa shape index (κ2) is 6.02. The number of nitrogens with zero attached hydrogens (tertiary/aromatic N) is 2. The lowest BCUT2D eigenvalue weighted by atomic mass is 10.2. The van der Waals surface area contributed by atoms with E-state index in [-0.39, 0.29) is 5.82 Å². The van der Waals surface area contributed by atoms with Gasteiger partial charge in [0.2, 0.25) is 0 Å². The summed E-state index contributed by atoms with van der Waals surface area (Å²) >= 11 is 0. The molecule has 1 rings (SSSR count). The Morgan fingerprint density at radius 2 is 2.38 bits per heavy atom. The van der Waals surface area contributed by atoms with Crippen LogP contribution in [0.25, 0.3) is 0 Å². The number of rotatable bonds is 6. The van der Waals surface area contributed by atoms with Crippen LogP contribution in [0.1, 0.15) is 19.8 Å². The molecule has 88 valence electrons. The summed E-state index contributed by atoms with van der Waals surface area (Å²) in [7, 11) is 0. The van der Waals surface area contributed by atoms with Crippen LogP contribution in [0, 0.1) is 10.1 Å². The van der Waals surface area contributed by atoms with Gasteiger partial charge in [0.1, 0.15) is 0 Å². The van der Waals surface area contributed by atoms with Crippen molar-refractivity contribution in [1.82, 2.24) is 4.98 Å². The van der Waals surface area contributed by atoms with Crippen LogP contribution < -0.4 is 5.32 Å². The van der Waals surface area contributed by atoms with Gasteiger partial charge in [0.05, 0.1) is 11.8 Å².